The van der Waals surface area contributed by atoms with E-state index in [9.17, 15) is 9.59 Å². The number of amides is 2. The van der Waals surface area contributed by atoms with Crippen LogP contribution in [0, 0.1) is 0 Å². The van der Waals surface area contributed by atoms with Crippen LogP contribution in [-0.2, 0) is 16.1 Å². The molecule has 1 saturated heterocycles. The van der Waals surface area contributed by atoms with E-state index in [4.69, 9.17) is 14.3 Å². The third-order valence-corrected chi connectivity index (χ3v) is 3.45. The number of rotatable bonds is 5. The lowest BCUT2D eigenvalue weighted by Gasteiger charge is -2.34. The number of urea groups is 1. The Labute approximate surface area is 123 Å². The number of likely N-dealkylation sites (tertiary alicyclic amines) is 1. The van der Waals surface area contributed by atoms with Crippen LogP contribution >= 0.6 is 0 Å². The van der Waals surface area contributed by atoms with E-state index in [2.05, 4.69) is 0 Å². The van der Waals surface area contributed by atoms with Gasteiger partial charge in [-0.1, -0.05) is 0 Å². The predicted molar refractivity (Wildman–Crippen MR) is 73.8 cm³/mol. The number of hydrogen-bond acceptors (Lipinski definition) is 4. The zero-order valence-corrected chi connectivity index (χ0v) is 12.0. The topological polar surface area (TPSA) is 83.2 Å². The molecule has 7 nitrogen and oxygen atoms in total. The minimum atomic E-state index is -0.966. The third-order valence-electron chi connectivity index (χ3n) is 3.45. The van der Waals surface area contributed by atoms with Crippen LogP contribution in [0.15, 0.2) is 22.8 Å². The minimum Gasteiger partial charge on any atom is -0.480 e. The number of aliphatic carboxylic acids is 1. The summed E-state index contributed by atoms with van der Waals surface area (Å²) in [4.78, 5) is 26.1. The van der Waals surface area contributed by atoms with E-state index in [1.807, 2.05) is 6.07 Å². The molecule has 0 spiro atoms. The van der Waals surface area contributed by atoms with Crippen molar-refractivity contribution in [2.24, 2.45) is 0 Å². The van der Waals surface area contributed by atoms with Gasteiger partial charge in [-0.2, -0.15) is 0 Å². The van der Waals surface area contributed by atoms with E-state index >= 15 is 0 Å². The number of hydrogen-bond donors (Lipinski definition) is 1. The Morgan fingerprint density at radius 3 is 2.76 bits per heavy atom. The SMILES string of the molecule is CN(Cc1ccco1)C(=O)N1CCC(OCC(=O)O)CC1. The maximum Gasteiger partial charge on any atom is 0.329 e. The van der Waals surface area contributed by atoms with Crippen LogP contribution in [0.2, 0.25) is 0 Å². The molecule has 1 fully saturated rings. The molecule has 0 unspecified atom stereocenters. The molecule has 0 aromatic carbocycles. The number of carboxylic acids is 1. The second-order valence-corrected chi connectivity index (χ2v) is 5.11. The highest BCUT2D eigenvalue weighted by molar-refractivity contribution is 5.74. The quantitative estimate of drug-likeness (QED) is 0.888. The molecule has 0 saturated carbocycles. The molecule has 1 aliphatic rings. The van der Waals surface area contributed by atoms with Gasteiger partial charge in [0, 0.05) is 20.1 Å². The molecule has 2 amide bonds. The van der Waals surface area contributed by atoms with Gasteiger partial charge in [-0.05, 0) is 25.0 Å². The Hall–Kier alpha value is -2.02. The van der Waals surface area contributed by atoms with Gasteiger partial charge in [0.05, 0.1) is 18.9 Å². The summed E-state index contributed by atoms with van der Waals surface area (Å²) in [6.45, 7) is 1.30. The Kier molecular flexibility index (Phi) is 5.21. The largest absolute Gasteiger partial charge is 0.480 e. The van der Waals surface area contributed by atoms with Crippen molar-refractivity contribution in [3.63, 3.8) is 0 Å². The maximum atomic E-state index is 12.3. The van der Waals surface area contributed by atoms with E-state index in [-0.39, 0.29) is 18.7 Å². The Morgan fingerprint density at radius 1 is 1.48 bits per heavy atom. The second kappa shape index (κ2) is 7.12. The van der Waals surface area contributed by atoms with E-state index in [1.54, 1.807) is 29.2 Å². The highest BCUT2D eigenvalue weighted by Crippen LogP contribution is 2.16. The van der Waals surface area contributed by atoms with Gasteiger partial charge in [0.2, 0.25) is 0 Å². The minimum absolute atomic E-state index is 0.0527. The maximum absolute atomic E-state index is 12.3. The van der Waals surface area contributed by atoms with Crippen molar-refractivity contribution in [3.8, 4) is 0 Å². The molecular weight excluding hydrogens is 276 g/mol. The van der Waals surface area contributed by atoms with Crippen molar-refractivity contribution in [2.75, 3.05) is 26.7 Å². The zero-order valence-electron chi connectivity index (χ0n) is 12.0. The number of piperidine rings is 1. The lowest BCUT2D eigenvalue weighted by Crippen LogP contribution is -2.46. The van der Waals surface area contributed by atoms with Crippen molar-refractivity contribution in [2.45, 2.75) is 25.5 Å². The first kappa shape index (κ1) is 15.4. The summed E-state index contributed by atoms with van der Waals surface area (Å²) < 4.78 is 10.5. The molecule has 1 aliphatic heterocycles. The third kappa shape index (κ3) is 4.49. The predicted octanol–water partition coefficient (Wildman–Crippen LogP) is 1.40. The summed E-state index contributed by atoms with van der Waals surface area (Å²) >= 11 is 0. The molecule has 1 N–H and O–H groups in total. The van der Waals surface area contributed by atoms with Crippen LogP contribution < -0.4 is 0 Å². The number of ether oxygens (including phenoxy) is 1. The number of nitrogens with zero attached hydrogens (tertiary/aromatic N) is 2. The van der Waals surface area contributed by atoms with Gasteiger partial charge in [-0.25, -0.2) is 9.59 Å². The van der Waals surface area contributed by atoms with E-state index in [1.165, 1.54) is 0 Å². The van der Waals surface area contributed by atoms with Crippen LogP contribution in [0.1, 0.15) is 18.6 Å². The lowest BCUT2D eigenvalue weighted by atomic mass is 10.1. The average Bonchev–Trinajstić information content (AvgIpc) is 2.97. The van der Waals surface area contributed by atoms with E-state index < -0.39 is 5.97 Å². The molecule has 21 heavy (non-hydrogen) atoms. The van der Waals surface area contributed by atoms with Gasteiger partial charge in [-0.3, -0.25) is 0 Å². The fourth-order valence-electron chi connectivity index (χ4n) is 2.35. The normalized spacial score (nSPS) is 16.0. The highest BCUT2D eigenvalue weighted by atomic mass is 16.5. The molecule has 2 rings (SSSR count). The first-order valence-electron chi connectivity index (χ1n) is 6.92. The molecule has 0 aliphatic carbocycles. The van der Waals surface area contributed by atoms with Gasteiger partial charge in [0.25, 0.3) is 0 Å². The Morgan fingerprint density at radius 2 is 2.19 bits per heavy atom. The van der Waals surface area contributed by atoms with Crippen molar-refractivity contribution in [1.29, 1.82) is 0 Å². The Bertz CT molecular complexity index is 466. The number of carboxylic acid groups (broad SMARTS) is 1. The van der Waals surface area contributed by atoms with Gasteiger partial charge >= 0.3 is 12.0 Å². The van der Waals surface area contributed by atoms with Crippen LogP contribution in [-0.4, -0.2) is 59.8 Å². The van der Waals surface area contributed by atoms with Gasteiger partial charge in [0.15, 0.2) is 0 Å². The molecule has 1 aromatic heterocycles. The zero-order chi connectivity index (χ0) is 15.2. The number of carbonyl (C=O) groups is 2. The van der Waals surface area contributed by atoms with Crippen LogP contribution in [0.25, 0.3) is 0 Å². The van der Waals surface area contributed by atoms with Crippen molar-refractivity contribution < 1.29 is 23.8 Å². The average molecular weight is 296 g/mol. The van der Waals surface area contributed by atoms with Crippen molar-refractivity contribution in [1.82, 2.24) is 9.80 Å². The molecule has 2 heterocycles. The number of carbonyl (C=O) groups excluding carboxylic acids is 1. The standard InChI is InChI=1S/C14H20N2O5/c1-15(9-12-3-2-8-20-12)14(19)16-6-4-11(5-7-16)21-10-13(17)18/h2-3,8,11H,4-7,9-10H2,1H3,(H,17,18). The highest BCUT2D eigenvalue weighted by Gasteiger charge is 2.25. The van der Waals surface area contributed by atoms with E-state index in [0.717, 1.165) is 5.76 Å². The fraction of sp³-hybridized carbons (Fsp3) is 0.571. The summed E-state index contributed by atoms with van der Waals surface area (Å²) in [7, 11) is 1.73. The number of furan rings is 1. The molecular formula is C14H20N2O5. The first-order valence-corrected chi connectivity index (χ1v) is 6.92. The van der Waals surface area contributed by atoms with Crippen molar-refractivity contribution in [3.05, 3.63) is 24.2 Å². The summed E-state index contributed by atoms with van der Waals surface area (Å²) in [6, 6.07) is 3.57. The van der Waals surface area contributed by atoms with Gasteiger partial charge in [0.1, 0.15) is 12.4 Å². The summed E-state index contributed by atoms with van der Waals surface area (Å²) in [6.07, 6.45) is 2.82. The van der Waals surface area contributed by atoms with Crippen LogP contribution in [0.3, 0.4) is 0 Å². The van der Waals surface area contributed by atoms with Gasteiger partial charge < -0.3 is 24.1 Å². The summed E-state index contributed by atoms with van der Waals surface area (Å²) in [5.41, 5.74) is 0. The summed E-state index contributed by atoms with van der Waals surface area (Å²) in [5.74, 6) is -0.225. The smallest absolute Gasteiger partial charge is 0.329 e. The van der Waals surface area contributed by atoms with Crippen molar-refractivity contribution >= 4 is 12.0 Å². The van der Waals surface area contributed by atoms with Gasteiger partial charge in [-0.15, -0.1) is 0 Å². The molecule has 1 aromatic rings. The first-order chi connectivity index (χ1) is 10.1. The molecule has 7 heteroatoms. The second-order valence-electron chi connectivity index (χ2n) is 5.11. The lowest BCUT2D eigenvalue weighted by molar-refractivity contribution is -0.145. The molecule has 0 atom stereocenters. The molecule has 116 valence electrons. The monoisotopic (exact) mass is 296 g/mol. The van der Waals surface area contributed by atoms with E-state index in [0.29, 0.717) is 32.5 Å². The van der Waals surface area contributed by atoms with Crippen LogP contribution in [0.5, 0.6) is 0 Å². The summed E-state index contributed by atoms with van der Waals surface area (Å²) in [5, 5.41) is 8.57. The molecule has 0 radical (unpaired) electrons. The fourth-order valence-corrected chi connectivity index (χ4v) is 2.35. The Balaban J connectivity index is 1.76. The molecule has 0 bridgehead atoms. The van der Waals surface area contributed by atoms with Crippen LogP contribution in [0.4, 0.5) is 4.79 Å².